The van der Waals surface area contributed by atoms with Crippen LogP contribution in [-0.4, -0.2) is 63.3 Å². The average Bonchev–Trinajstić information content (AvgIpc) is 3.31. The second-order valence-electron chi connectivity index (χ2n) is 6.49. The lowest BCUT2D eigenvalue weighted by molar-refractivity contribution is 0.0766. The van der Waals surface area contributed by atoms with Crippen molar-refractivity contribution in [1.82, 2.24) is 19.9 Å². The van der Waals surface area contributed by atoms with Gasteiger partial charge in [-0.25, -0.2) is 9.07 Å². The number of hydrogen-bond acceptors (Lipinski definition) is 5. The van der Waals surface area contributed by atoms with Crippen LogP contribution in [0.3, 0.4) is 0 Å². The predicted octanol–water partition coefficient (Wildman–Crippen LogP) is 1.28. The topological polar surface area (TPSA) is 80.5 Å². The van der Waals surface area contributed by atoms with Gasteiger partial charge < -0.3 is 14.7 Å². The van der Waals surface area contributed by atoms with Crippen molar-refractivity contribution in [2.75, 3.05) is 26.3 Å². The van der Waals surface area contributed by atoms with Gasteiger partial charge in [-0.3, -0.25) is 4.79 Å². The van der Waals surface area contributed by atoms with E-state index in [1.165, 1.54) is 16.8 Å². The van der Waals surface area contributed by atoms with E-state index in [1.54, 1.807) is 23.2 Å². The summed E-state index contributed by atoms with van der Waals surface area (Å²) in [5.41, 5.74) is 2.33. The Morgan fingerprint density at radius 3 is 2.73 bits per heavy atom. The van der Waals surface area contributed by atoms with Crippen molar-refractivity contribution >= 4 is 11.5 Å². The fraction of sp³-hybridized carbons (Fsp3) is 0.389. The normalized spacial score (nSPS) is 23.2. The molecule has 0 bridgehead atoms. The summed E-state index contributed by atoms with van der Waals surface area (Å²) in [6.45, 7) is 1.64. The largest absolute Gasteiger partial charge is 0.388 e. The molecule has 0 saturated carbocycles. The summed E-state index contributed by atoms with van der Waals surface area (Å²) >= 11 is 0. The number of aliphatic hydroxyl groups is 1. The van der Waals surface area contributed by atoms with Crippen molar-refractivity contribution in [3.63, 3.8) is 0 Å². The highest BCUT2D eigenvalue weighted by molar-refractivity contribution is 5.92. The van der Waals surface area contributed by atoms with E-state index >= 15 is 0 Å². The molecule has 2 aliphatic heterocycles. The van der Waals surface area contributed by atoms with E-state index in [9.17, 15) is 14.3 Å². The summed E-state index contributed by atoms with van der Waals surface area (Å²) < 4.78 is 19.7. The van der Waals surface area contributed by atoms with Crippen molar-refractivity contribution < 1.29 is 19.0 Å². The monoisotopic (exact) mass is 358 g/mol. The highest BCUT2D eigenvalue weighted by Crippen LogP contribution is 2.24. The Hall–Kier alpha value is -2.58. The number of ether oxygens (including phenoxy) is 1. The molecule has 1 N–H and O–H groups in total. The Morgan fingerprint density at radius 1 is 1.27 bits per heavy atom. The van der Waals surface area contributed by atoms with Crippen molar-refractivity contribution in [1.29, 1.82) is 0 Å². The second-order valence-corrected chi connectivity index (χ2v) is 6.49. The van der Waals surface area contributed by atoms with Crippen LogP contribution in [-0.2, 0) is 4.74 Å². The molecule has 8 heteroatoms. The number of amides is 1. The van der Waals surface area contributed by atoms with Crippen LogP contribution in [0.4, 0.5) is 4.39 Å². The summed E-state index contributed by atoms with van der Waals surface area (Å²) in [5, 5.41) is 17.8. The molecule has 2 aliphatic rings. The van der Waals surface area contributed by atoms with E-state index in [0.717, 1.165) is 11.1 Å². The molecule has 1 aromatic heterocycles. The molecule has 0 spiro atoms. The van der Waals surface area contributed by atoms with E-state index in [0.29, 0.717) is 26.1 Å². The standard InChI is InChI=1S/C18H19FN4O3/c19-14-3-1-12(2-4-14)13-5-7-22(8-6-13)18(25)15-9-23(21-20-15)16-10-26-11-17(16)24/h1-5,9,16-17,24H,6-8,10-11H2/t16-,17-/m1/s1. The summed E-state index contributed by atoms with van der Waals surface area (Å²) in [6, 6.07) is 6.06. The fourth-order valence-electron chi connectivity index (χ4n) is 3.26. The van der Waals surface area contributed by atoms with Crippen LogP contribution < -0.4 is 0 Å². The molecule has 1 amide bonds. The molecule has 4 rings (SSSR count). The number of nitrogens with zero attached hydrogens (tertiary/aromatic N) is 4. The third-order valence-electron chi connectivity index (χ3n) is 4.80. The summed E-state index contributed by atoms with van der Waals surface area (Å²) in [5.74, 6) is -0.457. The maximum Gasteiger partial charge on any atom is 0.276 e. The third kappa shape index (κ3) is 3.25. The molecule has 1 aromatic carbocycles. The second kappa shape index (κ2) is 6.97. The zero-order valence-corrected chi connectivity index (χ0v) is 14.1. The lowest BCUT2D eigenvalue weighted by Crippen LogP contribution is -2.35. The van der Waals surface area contributed by atoms with Gasteiger partial charge in [0.15, 0.2) is 5.69 Å². The number of benzene rings is 1. The van der Waals surface area contributed by atoms with Crippen LogP contribution in [0.15, 0.2) is 36.5 Å². The minimum absolute atomic E-state index is 0.195. The lowest BCUT2D eigenvalue weighted by atomic mass is 9.99. The molecule has 3 heterocycles. The van der Waals surface area contributed by atoms with Crippen LogP contribution in [0.25, 0.3) is 5.57 Å². The van der Waals surface area contributed by atoms with E-state index < -0.39 is 6.10 Å². The molecule has 2 atom stereocenters. The first-order chi connectivity index (χ1) is 12.6. The summed E-state index contributed by atoms with van der Waals surface area (Å²) in [7, 11) is 0. The van der Waals surface area contributed by atoms with Crippen molar-refractivity contribution in [3.05, 3.63) is 53.6 Å². The summed E-state index contributed by atoms with van der Waals surface area (Å²) in [4.78, 5) is 14.3. The van der Waals surface area contributed by atoms with Crippen molar-refractivity contribution in [3.8, 4) is 0 Å². The Balaban J connectivity index is 1.43. The Kier molecular flexibility index (Phi) is 4.52. The molecule has 26 heavy (non-hydrogen) atoms. The SMILES string of the molecule is O=C(c1cn([C@@H]2COC[C@H]2O)nn1)N1CC=C(c2ccc(F)cc2)CC1. The molecule has 0 radical (unpaired) electrons. The summed E-state index contributed by atoms with van der Waals surface area (Å²) in [6.07, 6.45) is 3.59. The molecular formula is C18H19FN4O3. The minimum atomic E-state index is -0.643. The van der Waals surface area contributed by atoms with Crippen molar-refractivity contribution in [2.24, 2.45) is 0 Å². The third-order valence-corrected chi connectivity index (χ3v) is 4.80. The zero-order chi connectivity index (χ0) is 18.1. The van der Waals surface area contributed by atoms with Crippen LogP contribution in [0, 0.1) is 5.82 Å². The van der Waals surface area contributed by atoms with Gasteiger partial charge >= 0.3 is 0 Å². The molecule has 0 aliphatic carbocycles. The van der Waals surface area contributed by atoms with Gasteiger partial charge in [0.2, 0.25) is 0 Å². The number of rotatable bonds is 3. The number of carbonyl (C=O) groups excluding carboxylic acids is 1. The lowest BCUT2D eigenvalue weighted by Gasteiger charge is -2.26. The van der Waals surface area contributed by atoms with Crippen LogP contribution in [0.2, 0.25) is 0 Å². The van der Waals surface area contributed by atoms with Gasteiger partial charge in [-0.1, -0.05) is 23.4 Å². The van der Waals surface area contributed by atoms with Gasteiger partial charge in [0.25, 0.3) is 5.91 Å². The Morgan fingerprint density at radius 2 is 2.08 bits per heavy atom. The van der Waals surface area contributed by atoms with Crippen molar-refractivity contribution in [2.45, 2.75) is 18.6 Å². The Bertz CT molecular complexity index is 833. The van der Waals surface area contributed by atoms with E-state index in [4.69, 9.17) is 4.74 Å². The van der Waals surface area contributed by atoms with Gasteiger partial charge in [0.05, 0.1) is 19.4 Å². The van der Waals surface area contributed by atoms with Gasteiger partial charge in [0, 0.05) is 13.1 Å². The average molecular weight is 358 g/mol. The molecule has 2 aromatic rings. The molecule has 136 valence electrons. The van der Waals surface area contributed by atoms with Gasteiger partial charge in [-0.15, -0.1) is 5.10 Å². The number of aliphatic hydroxyl groups excluding tert-OH is 1. The van der Waals surface area contributed by atoms with Crippen LogP contribution in [0.5, 0.6) is 0 Å². The number of hydrogen-bond donors (Lipinski definition) is 1. The smallest absolute Gasteiger partial charge is 0.276 e. The fourth-order valence-corrected chi connectivity index (χ4v) is 3.26. The first-order valence-corrected chi connectivity index (χ1v) is 8.54. The quantitative estimate of drug-likeness (QED) is 0.894. The minimum Gasteiger partial charge on any atom is -0.388 e. The maximum atomic E-state index is 13.0. The number of aromatic nitrogens is 3. The predicted molar refractivity (Wildman–Crippen MR) is 90.8 cm³/mol. The maximum absolute atomic E-state index is 13.0. The van der Waals surface area contributed by atoms with E-state index in [1.807, 2.05) is 6.08 Å². The van der Waals surface area contributed by atoms with E-state index in [2.05, 4.69) is 10.3 Å². The van der Waals surface area contributed by atoms with Gasteiger partial charge in [-0.2, -0.15) is 0 Å². The van der Waals surface area contributed by atoms with Gasteiger partial charge in [0.1, 0.15) is 18.0 Å². The Labute approximate surface area is 149 Å². The number of halogens is 1. The van der Waals surface area contributed by atoms with Crippen LogP contribution in [0.1, 0.15) is 28.5 Å². The molecule has 1 fully saturated rings. The van der Waals surface area contributed by atoms with Gasteiger partial charge in [-0.05, 0) is 29.7 Å². The number of carbonyl (C=O) groups is 1. The highest BCUT2D eigenvalue weighted by Gasteiger charge is 2.30. The first-order valence-electron chi connectivity index (χ1n) is 8.54. The first kappa shape index (κ1) is 16.9. The molecule has 7 nitrogen and oxygen atoms in total. The van der Waals surface area contributed by atoms with E-state index in [-0.39, 0.29) is 30.1 Å². The molecule has 0 unspecified atom stereocenters. The van der Waals surface area contributed by atoms with Crippen LogP contribution >= 0.6 is 0 Å². The zero-order valence-electron chi connectivity index (χ0n) is 14.1. The highest BCUT2D eigenvalue weighted by atomic mass is 19.1. The molecule has 1 saturated heterocycles. The molecular weight excluding hydrogens is 339 g/mol.